The third kappa shape index (κ3) is 3.59. The second kappa shape index (κ2) is 5.02. The third-order valence-corrected chi connectivity index (χ3v) is 2.48. The Hall–Kier alpha value is -0.830. The highest BCUT2D eigenvalue weighted by molar-refractivity contribution is 5.73. The molecule has 0 radical (unpaired) electrons. The summed E-state index contributed by atoms with van der Waals surface area (Å²) in [5.74, 6) is -0.892. The van der Waals surface area contributed by atoms with E-state index in [0.717, 1.165) is 19.3 Å². The van der Waals surface area contributed by atoms with Crippen molar-refractivity contribution < 1.29 is 9.90 Å². The van der Waals surface area contributed by atoms with Crippen LogP contribution in [0.3, 0.4) is 0 Å². The van der Waals surface area contributed by atoms with Gasteiger partial charge in [-0.2, -0.15) is 0 Å². The van der Waals surface area contributed by atoms with E-state index in [1.807, 2.05) is 0 Å². The fourth-order valence-electron chi connectivity index (χ4n) is 1.60. The maximum atomic E-state index is 10.4. The molecule has 3 N–H and O–H groups in total. The SMILES string of the molecule is NC(CCC1=CCCCC1)C(=O)O. The number of nitrogens with two attached hydrogens (primary N) is 1. The Morgan fingerprint density at radius 1 is 1.62 bits per heavy atom. The van der Waals surface area contributed by atoms with E-state index in [9.17, 15) is 4.79 Å². The quantitative estimate of drug-likeness (QED) is 0.652. The summed E-state index contributed by atoms with van der Waals surface area (Å²) in [5, 5.41) is 8.57. The van der Waals surface area contributed by atoms with E-state index >= 15 is 0 Å². The molecule has 0 aliphatic heterocycles. The molecule has 3 nitrogen and oxygen atoms in total. The Bertz CT molecular complexity index is 211. The van der Waals surface area contributed by atoms with Crippen LogP contribution in [0.4, 0.5) is 0 Å². The van der Waals surface area contributed by atoms with Gasteiger partial charge in [0.1, 0.15) is 6.04 Å². The number of rotatable bonds is 4. The zero-order valence-electron chi connectivity index (χ0n) is 7.83. The van der Waals surface area contributed by atoms with Crippen molar-refractivity contribution in [3.63, 3.8) is 0 Å². The Labute approximate surface area is 78.6 Å². The summed E-state index contributed by atoms with van der Waals surface area (Å²) in [6, 6.07) is -0.692. The summed E-state index contributed by atoms with van der Waals surface area (Å²) in [7, 11) is 0. The number of carboxylic acid groups (broad SMARTS) is 1. The van der Waals surface area contributed by atoms with Crippen LogP contribution in [-0.4, -0.2) is 17.1 Å². The van der Waals surface area contributed by atoms with Gasteiger partial charge in [-0.3, -0.25) is 4.79 Å². The van der Waals surface area contributed by atoms with E-state index in [1.165, 1.54) is 18.4 Å². The molecular weight excluding hydrogens is 166 g/mol. The van der Waals surface area contributed by atoms with Crippen LogP contribution in [0.1, 0.15) is 38.5 Å². The lowest BCUT2D eigenvalue weighted by molar-refractivity contribution is -0.138. The van der Waals surface area contributed by atoms with Crippen LogP contribution >= 0.6 is 0 Å². The normalized spacial score (nSPS) is 19.3. The second-order valence-corrected chi connectivity index (χ2v) is 3.59. The van der Waals surface area contributed by atoms with Crippen LogP contribution in [0.5, 0.6) is 0 Å². The standard InChI is InChI=1S/C10H17NO2/c11-9(10(12)13)7-6-8-4-2-1-3-5-8/h4,9H,1-3,5-7,11H2,(H,12,13). The van der Waals surface area contributed by atoms with Gasteiger partial charge < -0.3 is 10.8 Å². The van der Waals surface area contributed by atoms with E-state index in [2.05, 4.69) is 6.08 Å². The van der Waals surface area contributed by atoms with Crippen molar-refractivity contribution in [2.24, 2.45) is 5.73 Å². The fraction of sp³-hybridized carbons (Fsp3) is 0.700. The monoisotopic (exact) mass is 183 g/mol. The van der Waals surface area contributed by atoms with Crippen LogP contribution < -0.4 is 5.73 Å². The maximum Gasteiger partial charge on any atom is 0.320 e. The summed E-state index contributed by atoms with van der Waals surface area (Å²) in [6.07, 6.45) is 8.46. The van der Waals surface area contributed by atoms with Crippen LogP contribution in [0.25, 0.3) is 0 Å². The molecule has 1 rings (SSSR count). The summed E-state index contributed by atoms with van der Waals surface area (Å²) >= 11 is 0. The number of hydrogen-bond donors (Lipinski definition) is 2. The molecule has 1 aliphatic carbocycles. The van der Waals surface area contributed by atoms with Crippen molar-refractivity contribution in [1.29, 1.82) is 0 Å². The molecule has 0 aromatic heterocycles. The predicted octanol–water partition coefficient (Wildman–Crippen LogP) is 1.68. The summed E-state index contributed by atoms with van der Waals surface area (Å²) < 4.78 is 0. The second-order valence-electron chi connectivity index (χ2n) is 3.59. The first kappa shape index (κ1) is 10.3. The van der Waals surface area contributed by atoms with Gasteiger partial charge in [0, 0.05) is 0 Å². The Morgan fingerprint density at radius 3 is 2.92 bits per heavy atom. The molecule has 0 aromatic rings. The van der Waals surface area contributed by atoms with Crippen molar-refractivity contribution in [2.75, 3.05) is 0 Å². The predicted molar refractivity (Wildman–Crippen MR) is 51.4 cm³/mol. The number of carbonyl (C=O) groups is 1. The third-order valence-electron chi connectivity index (χ3n) is 2.48. The highest BCUT2D eigenvalue weighted by Crippen LogP contribution is 2.21. The minimum atomic E-state index is -0.892. The Morgan fingerprint density at radius 2 is 2.38 bits per heavy atom. The van der Waals surface area contributed by atoms with Crippen LogP contribution in [0.15, 0.2) is 11.6 Å². The van der Waals surface area contributed by atoms with E-state index in [-0.39, 0.29) is 0 Å². The maximum absolute atomic E-state index is 10.4. The lowest BCUT2D eigenvalue weighted by Crippen LogP contribution is -2.29. The lowest BCUT2D eigenvalue weighted by Gasteiger charge is -2.13. The van der Waals surface area contributed by atoms with E-state index in [1.54, 1.807) is 0 Å². The molecule has 1 aliphatic rings. The average Bonchev–Trinajstić information content (AvgIpc) is 2.15. The largest absolute Gasteiger partial charge is 0.480 e. The van der Waals surface area contributed by atoms with Gasteiger partial charge in [0.25, 0.3) is 0 Å². The molecule has 0 bridgehead atoms. The molecule has 13 heavy (non-hydrogen) atoms. The minimum Gasteiger partial charge on any atom is -0.480 e. The molecule has 0 saturated carbocycles. The Balaban J connectivity index is 2.25. The van der Waals surface area contributed by atoms with Gasteiger partial charge in [-0.25, -0.2) is 0 Å². The molecule has 0 spiro atoms. The average molecular weight is 183 g/mol. The molecule has 0 aromatic carbocycles. The van der Waals surface area contributed by atoms with Crippen molar-refractivity contribution in [1.82, 2.24) is 0 Å². The van der Waals surface area contributed by atoms with Crippen LogP contribution in [-0.2, 0) is 4.79 Å². The summed E-state index contributed by atoms with van der Waals surface area (Å²) in [5.41, 5.74) is 6.80. The van der Waals surface area contributed by atoms with Crippen molar-refractivity contribution >= 4 is 5.97 Å². The van der Waals surface area contributed by atoms with Crippen LogP contribution in [0, 0.1) is 0 Å². The number of aliphatic carboxylic acids is 1. The van der Waals surface area contributed by atoms with Crippen molar-refractivity contribution in [3.8, 4) is 0 Å². The highest BCUT2D eigenvalue weighted by atomic mass is 16.4. The molecule has 0 amide bonds. The summed E-state index contributed by atoms with van der Waals surface area (Å²) in [4.78, 5) is 10.4. The first-order valence-corrected chi connectivity index (χ1v) is 4.86. The van der Waals surface area contributed by atoms with Gasteiger partial charge in [-0.1, -0.05) is 11.6 Å². The zero-order valence-corrected chi connectivity index (χ0v) is 7.83. The van der Waals surface area contributed by atoms with E-state index < -0.39 is 12.0 Å². The molecule has 1 atom stereocenters. The molecule has 0 fully saturated rings. The van der Waals surface area contributed by atoms with E-state index in [4.69, 9.17) is 10.8 Å². The van der Waals surface area contributed by atoms with Gasteiger partial charge in [0.15, 0.2) is 0 Å². The molecular formula is C10H17NO2. The lowest BCUT2D eigenvalue weighted by atomic mass is 9.95. The molecule has 3 heteroatoms. The number of hydrogen-bond acceptors (Lipinski definition) is 2. The first-order valence-electron chi connectivity index (χ1n) is 4.86. The smallest absolute Gasteiger partial charge is 0.320 e. The summed E-state index contributed by atoms with van der Waals surface area (Å²) in [6.45, 7) is 0. The fourth-order valence-corrected chi connectivity index (χ4v) is 1.60. The topological polar surface area (TPSA) is 63.3 Å². The first-order chi connectivity index (χ1) is 6.20. The number of carboxylic acids is 1. The van der Waals surface area contributed by atoms with Gasteiger partial charge in [0.2, 0.25) is 0 Å². The van der Waals surface area contributed by atoms with Gasteiger partial charge in [0.05, 0.1) is 0 Å². The van der Waals surface area contributed by atoms with Gasteiger partial charge in [-0.05, 0) is 38.5 Å². The van der Waals surface area contributed by atoms with Crippen molar-refractivity contribution in [2.45, 2.75) is 44.6 Å². The van der Waals surface area contributed by atoms with Gasteiger partial charge >= 0.3 is 5.97 Å². The molecule has 0 saturated heterocycles. The van der Waals surface area contributed by atoms with Crippen molar-refractivity contribution in [3.05, 3.63) is 11.6 Å². The van der Waals surface area contributed by atoms with Gasteiger partial charge in [-0.15, -0.1) is 0 Å². The molecule has 1 unspecified atom stereocenters. The number of allylic oxidation sites excluding steroid dienone is 2. The van der Waals surface area contributed by atoms with Crippen LogP contribution in [0.2, 0.25) is 0 Å². The van der Waals surface area contributed by atoms with E-state index in [0.29, 0.717) is 6.42 Å². The molecule has 74 valence electrons. The highest BCUT2D eigenvalue weighted by Gasteiger charge is 2.12. The minimum absolute atomic E-state index is 0.571. The zero-order chi connectivity index (χ0) is 9.68. The Kier molecular flexibility index (Phi) is 3.96. The molecule has 0 heterocycles.